The van der Waals surface area contributed by atoms with Crippen molar-refractivity contribution in [3.8, 4) is 22.0 Å². The SMILES string of the molecule is CN(C(=O)c1cc(-c2cc(-c3c(C(F)(F)F)c(C(F)(F)C(F)(F)F)nn3C)no2)sc1CN)C1CC1. The molecule has 196 valence electrons. The first-order valence-corrected chi connectivity index (χ1v) is 11.1. The van der Waals surface area contributed by atoms with Gasteiger partial charge in [-0.3, -0.25) is 9.48 Å². The number of alkyl halides is 8. The molecule has 7 nitrogen and oxygen atoms in total. The van der Waals surface area contributed by atoms with Gasteiger partial charge in [0.1, 0.15) is 17.0 Å². The average Bonchev–Trinajstić information content (AvgIpc) is 3.18. The molecule has 3 aromatic heterocycles. The summed E-state index contributed by atoms with van der Waals surface area (Å²) in [6, 6.07) is 2.44. The highest BCUT2D eigenvalue weighted by molar-refractivity contribution is 7.15. The number of nitrogens with zero attached hydrogens (tertiary/aromatic N) is 4. The van der Waals surface area contributed by atoms with Crippen molar-refractivity contribution in [3.05, 3.63) is 33.8 Å². The second-order valence-corrected chi connectivity index (χ2v) is 9.28. The minimum absolute atomic E-state index is 0.0267. The number of aryl methyl sites for hydroxylation is 1. The molecule has 1 amide bonds. The van der Waals surface area contributed by atoms with Crippen LogP contribution >= 0.6 is 11.3 Å². The van der Waals surface area contributed by atoms with Gasteiger partial charge >= 0.3 is 18.3 Å². The van der Waals surface area contributed by atoms with Gasteiger partial charge in [-0.15, -0.1) is 11.3 Å². The molecule has 0 spiro atoms. The number of amides is 1. The second kappa shape index (κ2) is 8.54. The normalized spacial score (nSPS) is 15.0. The van der Waals surface area contributed by atoms with Crippen molar-refractivity contribution in [2.75, 3.05) is 7.05 Å². The lowest BCUT2D eigenvalue weighted by Gasteiger charge is -2.19. The Hall–Kier alpha value is -3.01. The minimum atomic E-state index is -6.32. The largest absolute Gasteiger partial charge is 0.459 e. The number of thiophene rings is 1. The van der Waals surface area contributed by atoms with E-state index in [4.69, 9.17) is 10.3 Å². The predicted molar refractivity (Wildman–Crippen MR) is 110 cm³/mol. The van der Waals surface area contributed by atoms with Crippen molar-refractivity contribution in [1.82, 2.24) is 19.8 Å². The first-order valence-electron chi connectivity index (χ1n) is 10.2. The molecule has 36 heavy (non-hydrogen) atoms. The molecular weight excluding hydrogens is 526 g/mol. The number of rotatable bonds is 6. The van der Waals surface area contributed by atoms with Gasteiger partial charge in [0.15, 0.2) is 11.5 Å². The average molecular weight is 543 g/mol. The Kier molecular flexibility index (Phi) is 6.18. The maximum absolute atomic E-state index is 13.9. The molecule has 1 aliphatic rings. The Balaban J connectivity index is 1.78. The van der Waals surface area contributed by atoms with Crippen LogP contribution in [0.3, 0.4) is 0 Å². The Bertz CT molecular complexity index is 1300. The molecule has 4 rings (SSSR count). The smallest absolute Gasteiger partial charge is 0.355 e. The van der Waals surface area contributed by atoms with E-state index in [1.54, 1.807) is 11.9 Å². The van der Waals surface area contributed by atoms with Gasteiger partial charge in [-0.2, -0.15) is 40.2 Å². The van der Waals surface area contributed by atoms with E-state index in [-0.39, 0.29) is 39.4 Å². The molecule has 3 heterocycles. The van der Waals surface area contributed by atoms with Crippen molar-refractivity contribution in [2.24, 2.45) is 12.8 Å². The summed E-state index contributed by atoms with van der Waals surface area (Å²) in [4.78, 5) is 15.0. The van der Waals surface area contributed by atoms with Crippen LogP contribution < -0.4 is 5.73 Å². The molecule has 0 atom stereocenters. The first-order chi connectivity index (χ1) is 16.6. The molecule has 1 saturated carbocycles. The molecule has 1 aliphatic carbocycles. The van der Waals surface area contributed by atoms with Gasteiger partial charge in [0.25, 0.3) is 5.91 Å². The van der Waals surface area contributed by atoms with Gasteiger partial charge in [-0.05, 0) is 18.9 Å². The van der Waals surface area contributed by atoms with Crippen LogP contribution in [0.2, 0.25) is 0 Å². The highest BCUT2D eigenvalue weighted by Crippen LogP contribution is 2.50. The number of nitrogens with two attached hydrogens (primary N) is 1. The zero-order chi connectivity index (χ0) is 26.8. The standard InChI is InChI=1S/C20H17F8N5O2S/c1-32(8-3-4-8)17(34)9-5-12(36-13(9)7-29)11-6-10(31-35-11)15-14(19(23,24)25)16(30-33(15)2)18(21,22)20(26,27)28/h5-6,8H,3-4,7,29H2,1-2H3. The summed E-state index contributed by atoms with van der Waals surface area (Å²) in [5, 5.41) is 6.31. The molecule has 0 radical (unpaired) electrons. The Labute approximate surface area is 201 Å². The lowest BCUT2D eigenvalue weighted by Crippen LogP contribution is -2.36. The lowest BCUT2D eigenvalue weighted by molar-refractivity contribution is -0.292. The van der Waals surface area contributed by atoms with E-state index in [2.05, 4.69) is 10.3 Å². The fourth-order valence-electron chi connectivity index (χ4n) is 3.64. The Morgan fingerprint density at radius 2 is 1.83 bits per heavy atom. The predicted octanol–water partition coefficient (Wildman–Crippen LogP) is 5.17. The lowest BCUT2D eigenvalue weighted by atomic mass is 10.0. The van der Waals surface area contributed by atoms with Crippen LogP contribution in [0.25, 0.3) is 22.0 Å². The van der Waals surface area contributed by atoms with Crippen LogP contribution in [-0.4, -0.2) is 45.0 Å². The maximum Gasteiger partial charge on any atom is 0.459 e. The minimum Gasteiger partial charge on any atom is -0.355 e. The van der Waals surface area contributed by atoms with E-state index in [1.165, 1.54) is 6.07 Å². The van der Waals surface area contributed by atoms with Gasteiger partial charge in [0, 0.05) is 37.6 Å². The van der Waals surface area contributed by atoms with Crippen LogP contribution in [0, 0.1) is 0 Å². The van der Waals surface area contributed by atoms with E-state index in [1.807, 2.05) is 0 Å². The third-order valence-corrected chi connectivity index (χ3v) is 6.79. The molecule has 0 aromatic carbocycles. The summed E-state index contributed by atoms with van der Waals surface area (Å²) in [5.74, 6) is -6.34. The summed E-state index contributed by atoms with van der Waals surface area (Å²) >= 11 is 1.01. The summed E-state index contributed by atoms with van der Waals surface area (Å²) < 4.78 is 113. The fourth-order valence-corrected chi connectivity index (χ4v) is 4.62. The van der Waals surface area contributed by atoms with E-state index >= 15 is 0 Å². The van der Waals surface area contributed by atoms with Gasteiger partial charge < -0.3 is 15.2 Å². The van der Waals surface area contributed by atoms with Gasteiger partial charge in [0.05, 0.1) is 10.4 Å². The molecule has 0 bridgehead atoms. The number of hydrogen-bond donors (Lipinski definition) is 1. The number of carbonyl (C=O) groups excluding carboxylic acids is 1. The summed E-state index contributed by atoms with van der Waals surface area (Å²) in [7, 11) is 2.40. The van der Waals surface area contributed by atoms with Crippen LogP contribution in [0.1, 0.15) is 39.3 Å². The number of aromatic nitrogens is 3. The zero-order valence-electron chi connectivity index (χ0n) is 18.5. The van der Waals surface area contributed by atoms with Gasteiger partial charge in [-0.1, -0.05) is 5.16 Å². The van der Waals surface area contributed by atoms with Crippen LogP contribution in [-0.2, 0) is 25.7 Å². The Morgan fingerprint density at radius 3 is 2.36 bits per heavy atom. The molecule has 2 N–H and O–H groups in total. The number of carbonyl (C=O) groups is 1. The van der Waals surface area contributed by atoms with Crippen molar-refractivity contribution in [2.45, 2.75) is 43.7 Å². The fraction of sp³-hybridized carbons (Fsp3) is 0.450. The van der Waals surface area contributed by atoms with Gasteiger partial charge in [-0.25, -0.2) is 0 Å². The van der Waals surface area contributed by atoms with E-state index < -0.39 is 40.9 Å². The Morgan fingerprint density at radius 1 is 1.19 bits per heavy atom. The van der Waals surface area contributed by atoms with E-state index in [9.17, 15) is 39.9 Å². The summed E-state index contributed by atoms with van der Waals surface area (Å²) in [5.41, 5.74) is -0.621. The van der Waals surface area contributed by atoms with Crippen molar-refractivity contribution in [1.29, 1.82) is 0 Å². The highest BCUT2D eigenvalue weighted by atomic mass is 32.1. The molecule has 0 aliphatic heterocycles. The summed E-state index contributed by atoms with van der Waals surface area (Å²) in [6.45, 7) is -0.0267. The molecule has 3 aromatic rings. The third kappa shape index (κ3) is 4.36. The third-order valence-electron chi connectivity index (χ3n) is 5.62. The number of hydrogen-bond acceptors (Lipinski definition) is 6. The van der Waals surface area contributed by atoms with E-state index in [0.717, 1.165) is 37.3 Å². The monoisotopic (exact) mass is 543 g/mol. The van der Waals surface area contributed by atoms with Crippen LogP contribution in [0.4, 0.5) is 35.1 Å². The maximum atomic E-state index is 13.9. The van der Waals surface area contributed by atoms with Crippen molar-refractivity contribution in [3.63, 3.8) is 0 Å². The topological polar surface area (TPSA) is 90.2 Å². The van der Waals surface area contributed by atoms with E-state index in [0.29, 0.717) is 4.88 Å². The molecule has 0 unspecified atom stereocenters. The van der Waals surface area contributed by atoms with Crippen molar-refractivity contribution >= 4 is 17.2 Å². The van der Waals surface area contributed by atoms with Crippen LogP contribution in [0.15, 0.2) is 16.7 Å². The highest BCUT2D eigenvalue weighted by Gasteiger charge is 2.64. The molecular formula is C20H17F8N5O2S. The molecule has 1 fully saturated rings. The van der Waals surface area contributed by atoms with Crippen LogP contribution in [0.5, 0.6) is 0 Å². The second-order valence-electron chi connectivity index (χ2n) is 8.14. The molecule has 0 saturated heterocycles. The quantitative estimate of drug-likeness (QED) is 0.434. The van der Waals surface area contributed by atoms with Gasteiger partial charge in [0.2, 0.25) is 0 Å². The molecule has 16 heteroatoms. The summed E-state index contributed by atoms with van der Waals surface area (Å²) in [6.07, 6.45) is -10.2. The first kappa shape index (κ1) is 26.1. The zero-order valence-corrected chi connectivity index (χ0v) is 19.3. The van der Waals surface area contributed by atoms with Crippen molar-refractivity contribution < 1.29 is 44.4 Å². The number of halogens is 8.